The molecule has 0 spiro atoms. The van der Waals surface area contributed by atoms with Gasteiger partial charge in [-0.25, -0.2) is 0 Å². The zero-order valence-electron chi connectivity index (χ0n) is 9.41. The first-order valence-corrected chi connectivity index (χ1v) is 6.74. The van der Waals surface area contributed by atoms with Crippen molar-refractivity contribution in [3.63, 3.8) is 0 Å². The van der Waals surface area contributed by atoms with Crippen LogP contribution in [0.3, 0.4) is 0 Å². The van der Waals surface area contributed by atoms with E-state index in [-0.39, 0.29) is 0 Å². The van der Waals surface area contributed by atoms with Crippen molar-refractivity contribution in [2.75, 3.05) is 32.2 Å². The van der Waals surface area contributed by atoms with Crippen molar-refractivity contribution < 1.29 is 9.47 Å². The van der Waals surface area contributed by atoms with E-state index in [0.717, 1.165) is 50.9 Å². The molecule has 0 unspecified atom stereocenters. The summed E-state index contributed by atoms with van der Waals surface area (Å²) < 4.78 is 11.2. The van der Waals surface area contributed by atoms with Crippen molar-refractivity contribution >= 4 is 12.6 Å². The summed E-state index contributed by atoms with van der Waals surface area (Å²) in [5, 5.41) is 0. The second kappa shape index (κ2) is 5.55. The number of rotatable bonds is 6. The van der Waals surface area contributed by atoms with E-state index in [1.807, 2.05) is 0 Å². The minimum absolute atomic E-state index is 0.297. The molecule has 2 aliphatic rings. The Bertz CT molecular complexity index is 186. The molecule has 0 amide bonds. The highest BCUT2D eigenvalue weighted by Crippen LogP contribution is 2.34. The van der Waals surface area contributed by atoms with Gasteiger partial charge in [-0.2, -0.15) is 12.6 Å². The lowest BCUT2D eigenvalue weighted by Crippen LogP contribution is -2.35. The fourth-order valence-electron chi connectivity index (χ4n) is 2.10. The minimum Gasteiger partial charge on any atom is -0.381 e. The van der Waals surface area contributed by atoms with Crippen molar-refractivity contribution in [3.05, 3.63) is 0 Å². The van der Waals surface area contributed by atoms with Crippen molar-refractivity contribution in [2.24, 2.45) is 11.3 Å². The van der Waals surface area contributed by atoms with Crippen LogP contribution in [0, 0.1) is 11.3 Å². The van der Waals surface area contributed by atoms with Crippen LogP contribution in [0.25, 0.3) is 0 Å². The zero-order valence-corrected chi connectivity index (χ0v) is 10.3. The van der Waals surface area contributed by atoms with Gasteiger partial charge in [-0.15, -0.1) is 0 Å². The molecule has 0 atom stereocenters. The standard InChI is InChI=1S/C12H22O2S/c15-10-12(4-7-13-8-5-12)9-14-6-3-11-1-2-11/h11,15H,1-10H2. The molecule has 15 heavy (non-hydrogen) atoms. The van der Waals surface area contributed by atoms with Gasteiger partial charge in [0.25, 0.3) is 0 Å². The summed E-state index contributed by atoms with van der Waals surface area (Å²) in [6.45, 7) is 3.59. The molecule has 1 aliphatic heterocycles. The molecule has 0 aromatic rings. The molecule has 1 saturated heterocycles. The Morgan fingerprint density at radius 2 is 2.00 bits per heavy atom. The molecule has 1 saturated carbocycles. The molecule has 0 radical (unpaired) electrons. The average molecular weight is 230 g/mol. The van der Waals surface area contributed by atoms with Gasteiger partial charge in [-0.3, -0.25) is 0 Å². The summed E-state index contributed by atoms with van der Waals surface area (Å²) in [7, 11) is 0. The fourth-order valence-corrected chi connectivity index (χ4v) is 2.51. The van der Waals surface area contributed by atoms with Crippen LogP contribution in [-0.4, -0.2) is 32.2 Å². The second-order valence-corrected chi connectivity index (χ2v) is 5.37. The van der Waals surface area contributed by atoms with Crippen molar-refractivity contribution in [1.82, 2.24) is 0 Å². The maximum atomic E-state index is 5.81. The van der Waals surface area contributed by atoms with Gasteiger partial charge in [0.2, 0.25) is 0 Å². The van der Waals surface area contributed by atoms with E-state index in [9.17, 15) is 0 Å². The summed E-state index contributed by atoms with van der Waals surface area (Å²) in [5.74, 6) is 1.91. The fraction of sp³-hybridized carbons (Fsp3) is 1.00. The minimum atomic E-state index is 0.297. The molecule has 0 N–H and O–H groups in total. The molecule has 0 aromatic carbocycles. The molecular weight excluding hydrogens is 208 g/mol. The maximum absolute atomic E-state index is 5.81. The van der Waals surface area contributed by atoms with E-state index in [4.69, 9.17) is 9.47 Å². The number of thiol groups is 1. The van der Waals surface area contributed by atoms with Gasteiger partial charge >= 0.3 is 0 Å². The van der Waals surface area contributed by atoms with E-state index in [2.05, 4.69) is 12.6 Å². The Morgan fingerprint density at radius 1 is 1.27 bits per heavy atom. The largest absolute Gasteiger partial charge is 0.381 e. The van der Waals surface area contributed by atoms with Crippen LogP contribution >= 0.6 is 12.6 Å². The van der Waals surface area contributed by atoms with Gasteiger partial charge < -0.3 is 9.47 Å². The van der Waals surface area contributed by atoms with E-state index < -0.39 is 0 Å². The van der Waals surface area contributed by atoms with E-state index in [1.54, 1.807) is 0 Å². The third-order valence-electron chi connectivity index (χ3n) is 3.66. The molecule has 3 heteroatoms. The highest BCUT2D eigenvalue weighted by molar-refractivity contribution is 7.80. The quantitative estimate of drug-likeness (QED) is 0.558. The molecule has 88 valence electrons. The highest BCUT2D eigenvalue weighted by Gasteiger charge is 2.31. The first-order chi connectivity index (χ1) is 7.35. The van der Waals surface area contributed by atoms with Crippen molar-refractivity contribution in [3.8, 4) is 0 Å². The van der Waals surface area contributed by atoms with Crippen LogP contribution in [0.1, 0.15) is 32.1 Å². The number of ether oxygens (including phenoxy) is 2. The maximum Gasteiger partial charge on any atom is 0.0531 e. The molecule has 0 bridgehead atoms. The van der Waals surface area contributed by atoms with Gasteiger partial charge in [-0.05, 0) is 30.9 Å². The first kappa shape index (κ1) is 11.7. The van der Waals surface area contributed by atoms with E-state index in [1.165, 1.54) is 19.3 Å². The van der Waals surface area contributed by atoms with Gasteiger partial charge in [-0.1, -0.05) is 12.8 Å². The van der Waals surface area contributed by atoms with Gasteiger partial charge in [0.1, 0.15) is 0 Å². The van der Waals surface area contributed by atoms with Crippen LogP contribution in [0.2, 0.25) is 0 Å². The Labute approximate surface area is 98.1 Å². The van der Waals surface area contributed by atoms with Crippen molar-refractivity contribution in [1.29, 1.82) is 0 Å². The molecule has 2 fully saturated rings. The van der Waals surface area contributed by atoms with Crippen molar-refractivity contribution in [2.45, 2.75) is 32.1 Å². The van der Waals surface area contributed by atoms with Crippen LogP contribution in [-0.2, 0) is 9.47 Å². The molecule has 2 rings (SSSR count). The lowest BCUT2D eigenvalue weighted by molar-refractivity contribution is -0.0280. The Balaban J connectivity index is 1.64. The molecule has 0 aromatic heterocycles. The lowest BCUT2D eigenvalue weighted by Gasteiger charge is -2.35. The van der Waals surface area contributed by atoms with Crippen LogP contribution in [0.4, 0.5) is 0 Å². The van der Waals surface area contributed by atoms with Gasteiger partial charge in [0.05, 0.1) is 6.61 Å². The predicted molar refractivity (Wildman–Crippen MR) is 64.5 cm³/mol. The average Bonchev–Trinajstić information content (AvgIpc) is 3.10. The monoisotopic (exact) mass is 230 g/mol. The zero-order chi connectivity index (χ0) is 10.6. The van der Waals surface area contributed by atoms with Gasteiger partial charge in [0, 0.05) is 25.2 Å². The Kier molecular flexibility index (Phi) is 4.35. The highest BCUT2D eigenvalue weighted by atomic mass is 32.1. The molecule has 1 heterocycles. The number of hydrogen-bond donors (Lipinski definition) is 1. The second-order valence-electron chi connectivity index (χ2n) is 5.06. The smallest absolute Gasteiger partial charge is 0.0531 e. The summed E-state index contributed by atoms with van der Waals surface area (Å²) in [6.07, 6.45) is 6.34. The Hall–Kier alpha value is 0.270. The molecular formula is C12H22O2S. The summed E-state index contributed by atoms with van der Waals surface area (Å²) in [6, 6.07) is 0. The SMILES string of the molecule is SCC1(COCCC2CC2)CCOCC1. The number of hydrogen-bond acceptors (Lipinski definition) is 3. The van der Waals surface area contributed by atoms with Crippen LogP contribution < -0.4 is 0 Å². The molecule has 2 nitrogen and oxygen atoms in total. The summed E-state index contributed by atoms with van der Waals surface area (Å²) >= 11 is 4.47. The predicted octanol–water partition coefficient (Wildman–Crippen LogP) is 2.53. The van der Waals surface area contributed by atoms with Crippen LogP contribution in [0.5, 0.6) is 0 Å². The molecule has 1 aliphatic carbocycles. The third-order valence-corrected chi connectivity index (χ3v) is 4.34. The van der Waals surface area contributed by atoms with E-state index >= 15 is 0 Å². The summed E-state index contributed by atoms with van der Waals surface area (Å²) in [4.78, 5) is 0. The van der Waals surface area contributed by atoms with E-state index in [0.29, 0.717) is 5.41 Å². The van der Waals surface area contributed by atoms with Gasteiger partial charge in [0.15, 0.2) is 0 Å². The first-order valence-electron chi connectivity index (χ1n) is 6.11. The normalized spacial score (nSPS) is 25.4. The lowest BCUT2D eigenvalue weighted by atomic mass is 9.83. The Morgan fingerprint density at radius 3 is 2.60 bits per heavy atom. The topological polar surface area (TPSA) is 18.5 Å². The van der Waals surface area contributed by atoms with Crippen LogP contribution in [0.15, 0.2) is 0 Å². The third kappa shape index (κ3) is 3.65. The summed E-state index contributed by atoms with van der Waals surface area (Å²) in [5.41, 5.74) is 0.297.